The second-order valence-corrected chi connectivity index (χ2v) is 4.58. The summed E-state index contributed by atoms with van der Waals surface area (Å²) in [7, 11) is 1.80. The van der Waals surface area contributed by atoms with Crippen molar-refractivity contribution in [2.24, 2.45) is 0 Å². The summed E-state index contributed by atoms with van der Waals surface area (Å²) in [6, 6.07) is 4.29. The molecule has 5 heteroatoms. The van der Waals surface area contributed by atoms with Gasteiger partial charge in [-0.25, -0.2) is 0 Å². The van der Waals surface area contributed by atoms with Crippen LogP contribution in [0.5, 0.6) is 0 Å². The van der Waals surface area contributed by atoms with Crippen molar-refractivity contribution in [2.75, 3.05) is 11.9 Å². The Hall–Kier alpha value is -1.23. The maximum absolute atomic E-state index is 12.9. The van der Waals surface area contributed by atoms with Gasteiger partial charge in [0.25, 0.3) is 0 Å². The highest BCUT2D eigenvalue weighted by Gasteiger charge is 2.33. The number of aliphatic hydroxyl groups is 1. The number of hydrogen-bond donors (Lipinski definition) is 1. The van der Waals surface area contributed by atoms with Crippen molar-refractivity contribution in [1.29, 1.82) is 0 Å². The molecule has 0 aromatic heterocycles. The summed E-state index contributed by atoms with van der Waals surface area (Å²) in [4.78, 5) is 1.86. The normalized spacial score (nSPS) is 12.0. The van der Waals surface area contributed by atoms with Gasteiger partial charge in [-0.05, 0) is 30.5 Å². The molecule has 19 heavy (non-hydrogen) atoms. The molecule has 0 amide bonds. The predicted molar refractivity (Wildman–Crippen MR) is 70.1 cm³/mol. The van der Waals surface area contributed by atoms with Gasteiger partial charge in [-0.2, -0.15) is 13.2 Å². The Morgan fingerprint density at radius 1 is 1.21 bits per heavy atom. The first kappa shape index (κ1) is 15.8. The van der Waals surface area contributed by atoms with Crippen molar-refractivity contribution < 1.29 is 18.3 Å². The fourth-order valence-corrected chi connectivity index (χ4v) is 2.23. The summed E-state index contributed by atoms with van der Waals surface area (Å²) in [6.07, 6.45) is -2.70. The van der Waals surface area contributed by atoms with Gasteiger partial charge < -0.3 is 10.0 Å². The summed E-state index contributed by atoms with van der Waals surface area (Å²) < 4.78 is 38.7. The molecule has 0 saturated carbocycles. The highest BCUT2D eigenvalue weighted by molar-refractivity contribution is 5.52. The molecular weight excluding hydrogens is 255 g/mol. The highest BCUT2D eigenvalue weighted by atomic mass is 19.4. The van der Waals surface area contributed by atoms with Crippen LogP contribution < -0.4 is 4.90 Å². The SMILES string of the molecule is CCC(CC)N(C)c1ccc(CO)c(C(F)(F)F)c1. The van der Waals surface area contributed by atoms with E-state index in [1.165, 1.54) is 6.07 Å². The number of aliphatic hydroxyl groups excluding tert-OH is 1. The quantitative estimate of drug-likeness (QED) is 0.883. The zero-order chi connectivity index (χ0) is 14.6. The Labute approximate surface area is 111 Å². The second-order valence-electron chi connectivity index (χ2n) is 4.58. The van der Waals surface area contributed by atoms with Crippen LogP contribution in [0.4, 0.5) is 18.9 Å². The third-order valence-corrected chi connectivity index (χ3v) is 3.47. The third kappa shape index (κ3) is 3.62. The van der Waals surface area contributed by atoms with Gasteiger partial charge in [0.2, 0.25) is 0 Å². The number of nitrogens with zero attached hydrogens (tertiary/aromatic N) is 1. The average molecular weight is 275 g/mol. The van der Waals surface area contributed by atoms with E-state index in [0.29, 0.717) is 5.69 Å². The fourth-order valence-electron chi connectivity index (χ4n) is 2.23. The number of halogens is 3. The largest absolute Gasteiger partial charge is 0.416 e. The fraction of sp³-hybridized carbons (Fsp3) is 0.571. The maximum atomic E-state index is 12.9. The van der Waals surface area contributed by atoms with Gasteiger partial charge in [-0.1, -0.05) is 19.9 Å². The van der Waals surface area contributed by atoms with Crippen molar-refractivity contribution >= 4 is 5.69 Å². The van der Waals surface area contributed by atoms with Crippen LogP contribution in [0, 0.1) is 0 Å². The zero-order valence-corrected chi connectivity index (χ0v) is 11.5. The molecule has 2 nitrogen and oxygen atoms in total. The molecule has 0 saturated heterocycles. The lowest BCUT2D eigenvalue weighted by Crippen LogP contribution is -2.30. The molecule has 108 valence electrons. The van der Waals surface area contributed by atoms with E-state index in [-0.39, 0.29) is 11.6 Å². The van der Waals surface area contributed by atoms with Crippen molar-refractivity contribution in [3.05, 3.63) is 29.3 Å². The van der Waals surface area contributed by atoms with Gasteiger partial charge in [0.05, 0.1) is 12.2 Å². The molecule has 0 aliphatic heterocycles. The summed E-state index contributed by atoms with van der Waals surface area (Å²) in [5.74, 6) is 0. The second kappa shape index (κ2) is 6.28. The minimum Gasteiger partial charge on any atom is -0.392 e. The van der Waals surface area contributed by atoms with E-state index in [1.54, 1.807) is 13.1 Å². The molecule has 1 rings (SSSR count). The molecule has 0 aliphatic carbocycles. The third-order valence-electron chi connectivity index (χ3n) is 3.47. The number of hydrogen-bond acceptors (Lipinski definition) is 2. The lowest BCUT2D eigenvalue weighted by molar-refractivity contribution is -0.138. The standard InChI is InChI=1S/C14H20F3NO/c1-4-11(5-2)18(3)12-7-6-10(9-19)13(8-12)14(15,16)17/h6-8,11,19H,4-5,9H2,1-3H3. The molecule has 0 heterocycles. The Kier molecular flexibility index (Phi) is 5.23. The van der Waals surface area contributed by atoms with Gasteiger partial charge in [0, 0.05) is 18.8 Å². The van der Waals surface area contributed by atoms with Gasteiger partial charge in [-0.15, -0.1) is 0 Å². The van der Waals surface area contributed by atoms with Crippen LogP contribution in [0.15, 0.2) is 18.2 Å². The van der Waals surface area contributed by atoms with Crippen LogP contribution in [-0.2, 0) is 12.8 Å². The molecule has 0 radical (unpaired) electrons. The molecule has 0 spiro atoms. The van der Waals surface area contributed by atoms with Crippen LogP contribution >= 0.6 is 0 Å². The van der Waals surface area contributed by atoms with Gasteiger partial charge in [0.1, 0.15) is 0 Å². The number of rotatable bonds is 5. The molecule has 0 fully saturated rings. The minimum absolute atomic E-state index is 0.0887. The smallest absolute Gasteiger partial charge is 0.392 e. The van der Waals surface area contributed by atoms with E-state index in [1.807, 2.05) is 18.7 Å². The molecule has 0 unspecified atom stereocenters. The van der Waals surface area contributed by atoms with Crippen LogP contribution in [0.2, 0.25) is 0 Å². The number of alkyl halides is 3. The van der Waals surface area contributed by atoms with Gasteiger partial charge in [-0.3, -0.25) is 0 Å². The predicted octanol–water partition coefficient (Wildman–Crippen LogP) is 3.82. The van der Waals surface area contributed by atoms with E-state index < -0.39 is 18.3 Å². The van der Waals surface area contributed by atoms with Crippen molar-refractivity contribution in [2.45, 2.75) is 45.5 Å². The monoisotopic (exact) mass is 275 g/mol. The van der Waals surface area contributed by atoms with E-state index in [2.05, 4.69) is 0 Å². The summed E-state index contributed by atoms with van der Waals surface area (Å²) >= 11 is 0. The van der Waals surface area contributed by atoms with Crippen LogP contribution in [0.3, 0.4) is 0 Å². The Morgan fingerprint density at radius 2 is 1.79 bits per heavy atom. The summed E-state index contributed by atoms with van der Waals surface area (Å²) in [6.45, 7) is 3.42. The first-order valence-electron chi connectivity index (χ1n) is 6.38. The first-order chi connectivity index (χ1) is 8.85. The lowest BCUT2D eigenvalue weighted by Gasteiger charge is -2.29. The van der Waals surface area contributed by atoms with Gasteiger partial charge in [0.15, 0.2) is 0 Å². The van der Waals surface area contributed by atoms with Crippen molar-refractivity contribution in [3.8, 4) is 0 Å². The first-order valence-corrected chi connectivity index (χ1v) is 6.38. The summed E-state index contributed by atoms with van der Waals surface area (Å²) in [5, 5.41) is 9.00. The molecule has 0 atom stereocenters. The lowest BCUT2D eigenvalue weighted by atomic mass is 10.0. The molecule has 1 N–H and O–H groups in total. The van der Waals surface area contributed by atoms with E-state index in [0.717, 1.165) is 18.9 Å². The number of benzene rings is 1. The Morgan fingerprint density at radius 3 is 2.21 bits per heavy atom. The Bertz CT molecular complexity index is 414. The minimum atomic E-state index is -4.44. The molecule has 0 bridgehead atoms. The Balaban J connectivity index is 3.18. The van der Waals surface area contributed by atoms with Gasteiger partial charge >= 0.3 is 6.18 Å². The van der Waals surface area contributed by atoms with E-state index in [9.17, 15) is 13.2 Å². The van der Waals surface area contributed by atoms with Crippen LogP contribution in [0.25, 0.3) is 0 Å². The molecule has 1 aromatic carbocycles. The van der Waals surface area contributed by atoms with E-state index >= 15 is 0 Å². The maximum Gasteiger partial charge on any atom is 0.416 e. The number of anilines is 1. The van der Waals surface area contributed by atoms with Crippen molar-refractivity contribution in [1.82, 2.24) is 0 Å². The topological polar surface area (TPSA) is 23.5 Å². The molecule has 1 aromatic rings. The van der Waals surface area contributed by atoms with Crippen LogP contribution in [0.1, 0.15) is 37.8 Å². The van der Waals surface area contributed by atoms with E-state index in [4.69, 9.17) is 5.11 Å². The molecular formula is C14H20F3NO. The zero-order valence-electron chi connectivity index (χ0n) is 11.5. The average Bonchev–Trinajstić information content (AvgIpc) is 2.38. The highest BCUT2D eigenvalue weighted by Crippen LogP contribution is 2.35. The van der Waals surface area contributed by atoms with Crippen LogP contribution in [-0.4, -0.2) is 18.2 Å². The summed E-state index contributed by atoms with van der Waals surface area (Å²) in [5.41, 5.74) is -0.322. The van der Waals surface area contributed by atoms with Crippen molar-refractivity contribution in [3.63, 3.8) is 0 Å². The molecule has 0 aliphatic rings.